The molecular weight excluding hydrogens is 252 g/mol. The van der Waals surface area contributed by atoms with Gasteiger partial charge in [-0.15, -0.1) is 10.2 Å². The van der Waals surface area contributed by atoms with E-state index < -0.39 is 0 Å². The van der Waals surface area contributed by atoms with Crippen LogP contribution in [0.1, 0.15) is 5.82 Å². The van der Waals surface area contributed by atoms with Crippen LogP contribution in [-0.4, -0.2) is 29.3 Å². The molecule has 94 valence electrons. The minimum absolute atomic E-state index is 0.601. The minimum atomic E-state index is 0.601. The van der Waals surface area contributed by atoms with Gasteiger partial charge in [-0.3, -0.25) is 0 Å². The molecule has 0 aliphatic carbocycles. The SMILES string of the molecule is CNc1nc(C)nnc1-c1cc(Cl)ccc1OC. The lowest BCUT2D eigenvalue weighted by atomic mass is 10.1. The highest BCUT2D eigenvalue weighted by molar-refractivity contribution is 6.31. The standard InChI is InChI=1S/C12H13ClN4O/c1-7-15-12(14-2)11(17-16-7)9-6-8(13)4-5-10(9)18-3/h4-6H,1-3H3,(H,14,15,16). The number of benzene rings is 1. The van der Waals surface area contributed by atoms with Crippen molar-refractivity contribution in [2.45, 2.75) is 6.92 Å². The van der Waals surface area contributed by atoms with Gasteiger partial charge in [-0.1, -0.05) is 11.6 Å². The van der Waals surface area contributed by atoms with Crippen LogP contribution in [0.25, 0.3) is 11.3 Å². The molecule has 0 unspecified atom stereocenters. The first-order valence-electron chi connectivity index (χ1n) is 5.38. The number of methoxy groups -OCH3 is 1. The molecule has 0 radical (unpaired) electrons. The maximum absolute atomic E-state index is 6.01. The Labute approximate surface area is 110 Å². The van der Waals surface area contributed by atoms with Gasteiger partial charge in [0.2, 0.25) is 0 Å². The molecule has 5 nitrogen and oxygen atoms in total. The van der Waals surface area contributed by atoms with Crippen molar-refractivity contribution in [1.82, 2.24) is 15.2 Å². The van der Waals surface area contributed by atoms with E-state index >= 15 is 0 Å². The molecule has 0 saturated heterocycles. The number of hydrogen-bond donors (Lipinski definition) is 1. The molecule has 0 fully saturated rings. The van der Waals surface area contributed by atoms with E-state index in [0.29, 0.717) is 28.1 Å². The van der Waals surface area contributed by atoms with Gasteiger partial charge in [-0.25, -0.2) is 4.98 Å². The van der Waals surface area contributed by atoms with E-state index in [1.54, 1.807) is 39.3 Å². The van der Waals surface area contributed by atoms with Crippen LogP contribution in [0, 0.1) is 6.92 Å². The zero-order chi connectivity index (χ0) is 13.1. The van der Waals surface area contributed by atoms with Crippen LogP contribution in [0.3, 0.4) is 0 Å². The number of aromatic nitrogens is 3. The van der Waals surface area contributed by atoms with Crippen LogP contribution in [0.2, 0.25) is 5.02 Å². The number of nitrogens with one attached hydrogen (secondary N) is 1. The van der Waals surface area contributed by atoms with E-state index in [1.165, 1.54) is 0 Å². The van der Waals surface area contributed by atoms with Crippen molar-refractivity contribution in [3.8, 4) is 17.0 Å². The Morgan fingerprint density at radius 3 is 2.72 bits per heavy atom. The molecular formula is C12H13ClN4O. The highest BCUT2D eigenvalue weighted by Crippen LogP contribution is 2.34. The Balaban J connectivity index is 2.64. The zero-order valence-electron chi connectivity index (χ0n) is 10.4. The van der Waals surface area contributed by atoms with Crippen molar-refractivity contribution >= 4 is 17.4 Å². The first-order valence-corrected chi connectivity index (χ1v) is 5.76. The van der Waals surface area contributed by atoms with Crippen LogP contribution in [0.15, 0.2) is 18.2 Å². The van der Waals surface area contributed by atoms with Crippen molar-refractivity contribution in [2.24, 2.45) is 0 Å². The predicted octanol–water partition coefficient (Wildman–Crippen LogP) is 2.55. The van der Waals surface area contributed by atoms with Crippen molar-refractivity contribution in [1.29, 1.82) is 0 Å². The Hall–Kier alpha value is -1.88. The first-order chi connectivity index (χ1) is 8.65. The maximum Gasteiger partial charge on any atom is 0.156 e. The summed E-state index contributed by atoms with van der Waals surface area (Å²) in [7, 11) is 3.38. The summed E-state index contributed by atoms with van der Waals surface area (Å²) >= 11 is 6.01. The normalized spacial score (nSPS) is 10.2. The van der Waals surface area contributed by atoms with Gasteiger partial charge in [0.05, 0.1) is 7.11 Å². The van der Waals surface area contributed by atoms with Crippen LogP contribution < -0.4 is 10.1 Å². The fraction of sp³-hybridized carbons (Fsp3) is 0.250. The number of anilines is 1. The smallest absolute Gasteiger partial charge is 0.156 e. The van der Waals surface area contributed by atoms with Crippen LogP contribution in [0.4, 0.5) is 5.82 Å². The Kier molecular flexibility index (Phi) is 3.62. The monoisotopic (exact) mass is 264 g/mol. The predicted molar refractivity (Wildman–Crippen MR) is 71.1 cm³/mol. The van der Waals surface area contributed by atoms with E-state index in [9.17, 15) is 0 Å². The molecule has 0 atom stereocenters. The van der Waals surface area contributed by atoms with E-state index in [-0.39, 0.29) is 0 Å². The van der Waals surface area contributed by atoms with Gasteiger partial charge in [0, 0.05) is 17.6 Å². The highest BCUT2D eigenvalue weighted by atomic mass is 35.5. The molecule has 18 heavy (non-hydrogen) atoms. The van der Waals surface area contributed by atoms with Crippen molar-refractivity contribution in [2.75, 3.05) is 19.5 Å². The van der Waals surface area contributed by atoms with Crippen LogP contribution in [0.5, 0.6) is 5.75 Å². The molecule has 0 aliphatic rings. The van der Waals surface area contributed by atoms with Gasteiger partial charge in [-0.2, -0.15) is 0 Å². The summed E-state index contributed by atoms with van der Waals surface area (Å²) in [5.41, 5.74) is 1.37. The second-order valence-electron chi connectivity index (χ2n) is 3.65. The van der Waals surface area contributed by atoms with Gasteiger partial charge in [-0.05, 0) is 25.1 Å². The zero-order valence-corrected chi connectivity index (χ0v) is 11.1. The summed E-state index contributed by atoms with van der Waals surface area (Å²) in [6, 6.07) is 5.33. The Bertz CT molecular complexity index is 574. The molecule has 1 heterocycles. The number of aryl methyl sites for hydroxylation is 1. The highest BCUT2D eigenvalue weighted by Gasteiger charge is 2.14. The molecule has 0 saturated carbocycles. The summed E-state index contributed by atoms with van der Waals surface area (Å²) in [6.07, 6.45) is 0. The lowest BCUT2D eigenvalue weighted by molar-refractivity contribution is 0.416. The minimum Gasteiger partial charge on any atom is -0.496 e. The maximum atomic E-state index is 6.01. The molecule has 1 N–H and O–H groups in total. The Morgan fingerprint density at radius 1 is 1.28 bits per heavy atom. The van der Waals surface area contributed by atoms with Crippen molar-refractivity contribution in [3.63, 3.8) is 0 Å². The summed E-state index contributed by atoms with van der Waals surface area (Å²) in [5.74, 6) is 1.92. The molecule has 1 aromatic heterocycles. The van der Waals surface area contributed by atoms with Crippen LogP contribution >= 0.6 is 11.6 Å². The van der Waals surface area contributed by atoms with Gasteiger partial charge < -0.3 is 10.1 Å². The second kappa shape index (κ2) is 5.18. The third kappa shape index (κ3) is 2.36. The molecule has 0 bridgehead atoms. The molecule has 1 aromatic carbocycles. The fourth-order valence-electron chi connectivity index (χ4n) is 1.63. The van der Waals surface area contributed by atoms with E-state index in [2.05, 4.69) is 20.5 Å². The number of ether oxygens (including phenoxy) is 1. The van der Waals surface area contributed by atoms with E-state index in [1.807, 2.05) is 0 Å². The van der Waals surface area contributed by atoms with E-state index in [0.717, 1.165) is 5.56 Å². The number of halogens is 1. The van der Waals surface area contributed by atoms with Crippen LogP contribution in [-0.2, 0) is 0 Å². The fourth-order valence-corrected chi connectivity index (χ4v) is 1.80. The number of hydrogen-bond acceptors (Lipinski definition) is 5. The van der Waals surface area contributed by atoms with Gasteiger partial charge >= 0.3 is 0 Å². The largest absolute Gasteiger partial charge is 0.496 e. The number of rotatable bonds is 3. The summed E-state index contributed by atoms with van der Waals surface area (Å²) in [5, 5.41) is 11.7. The molecule has 2 aromatic rings. The summed E-state index contributed by atoms with van der Waals surface area (Å²) in [4.78, 5) is 4.29. The molecule has 0 spiro atoms. The van der Waals surface area contributed by atoms with Gasteiger partial charge in [0.1, 0.15) is 17.3 Å². The summed E-state index contributed by atoms with van der Waals surface area (Å²) in [6.45, 7) is 1.78. The molecule has 6 heteroatoms. The second-order valence-corrected chi connectivity index (χ2v) is 4.09. The Morgan fingerprint density at radius 2 is 2.06 bits per heavy atom. The average Bonchev–Trinajstić information content (AvgIpc) is 2.38. The van der Waals surface area contributed by atoms with E-state index in [4.69, 9.17) is 16.3 Å². The quantitative estimate of drug-likeness (QED) is 0.923. The topological polar surface area (TPSA) is 59.9 Å². The first kappa shape index (κ1) is 12.6. The third-order valence-corrected chi connectivity index (χ3v) is 2.68. The summed E-state index contributed by atoms with van der Waals surface area (Å²) < 4.78 is 5.30. The van der Waals surface area contributed by atoms with Gasteiger partial charge in [0.25, 0.3) is 0 Å². The average molecular weight is 265 g/mol. The third-order valence-electron chi connectivity index (χ3n) is 2.45. The lowest BCUT2D eigenvalue weighted by Crippen LogP contribution is -2.03. The van der Waals surface area contributed by atoms with Crippen molar-refractivity contribution < 1.29 is 4.74 Å². The molecule has 0 aliphatic heterocycles. The molecule has 0 amide bonds. The van der Waals surface area contributed by atoms with Crippen molar-refractivity contribution in [3.05, 3.63) is 29.0 Å². The molecule has 2 rings (SSSR count). The van der Waals surface area contributed by atoms with Gasteiger partial charge in [0.15, 0.2) is 5.82 Å². The lowest BCUT2D eigenvalue weighted by Gasteiger charge is -2.11. The number of nitrogens with zero attached hydrogens (tertiary/aromatic N) is 3.